The molecular formula is C22H31N5OS. The van der Waals surface area contributed by atoms with Crippen LogP contribution >= 0.6 is 11.3 Å². The van der Waals surface area contributed by atoms with Crippen LogP contribution in [0.5, 0.6) is 0 Å². The van der Waals surface area contributed by atoms with Crippen molar-refractivity contribution in [1.29, 1.82) is 0 Å². The normalized spacial score (nSPS) is 18.3. The lowest BCUT2D eigenvalue weighted by atomic mass is 10.1. The highest BCUT2D eigenvalue weighted by molar-refractivity contribution is 7.15. The van der Waals surface area contributed by atoms with Crippen molar-refractivity contribution in [3.8, 4) is 0 Å². The molecule has 0 radical (unpaired) electrons. The first kappa shape index (κ1) is 20.3. The van der Waals surface area contributed by atoms with Gasteiger partial charge in [-0.3, -0.25) is 9.69 Å². The summed E-state index contributed by atoms with van der Waals surface area (Å²) in [5, 5.41) is 13.5. The molecule has 0 atom stereocenters. The molecule has 1 amide bonds. The van der Waals surface area contributed by atoms with E-state index in [1.54, 1.807) is 11.3 Å². The van der Waals surface area contributed by atoms with Crippen LogP contribution in [0, 0.1) is 13.8 Å². The number of hydrogen-bond donors (Lipinski definition) is 1. The van der Waals surface area contributed by atoms with Crippen molar-refractivity contribution in [3.63, 3.8) is 0 Å². The molecule has 29 heavy (non-hydrogen) atoms. The first-order valence-electron chi connectivity index (χ1n) is 10.7. The molecule has 1 saturated heterocycles. The quantitative estimate of drug-likeness (QED) is 0.789. The molecule has 2 heterocycles. The van der Waals surface area contributed by atoms with Crippen LogP contribution in [0.25, 0.3) is 0 Å². The smallest absolute Gasteiger partial charge is 0.227 e. The van der Waals surface area contributed by atoms with Gasteiger partial charge in [0.1, 0.15) is 5.01 Å². The minimum Gasteiger partial charge on any atom is -0.353 e. The summed E-state index contributed by atoms with van der Waals surface area (Å²) in [5.41, 5.74) is 4.05. The molecule has 1 aromatic carbocycles. The molecule has 2 aliphatic rings. The molecule has 7 heteroatoms. The van der Waals surface area contributed by atoms with E-state index in [4.69, 9.17) is 0 Å². The van der Waals surface area contributed by atoms with Gasteiger partial charge < -0.3 is 10.2 Å². The van der Waals surface area contributed by atoms with Crippen LogP contribution in [-0.4, -0.2) is 53.2 Å². The number of piperazine rings is 1. The van der Waals surface area contributed by atoms with Crippen LogP contribution in [0.2, 0.25) is 0 Å². The number of carbonyl (C=O) groups is 1. The second-order valence-corrected chi connectivity index (χ2v) is 9.50. The van der Waals surface area contributed by atoms with Crippen molar-refractivity contribution in [2.24, 2.45) is 0 Å². The lowest BCUT2D eigenvalue weighted by Gasteiger charge is -2.34. The number of benzene rings is 1. The summed E-state index contributed by atoms with van der Waals surface area (Å²) in [4.78, 5) is 17.0. The number of anilines is 1. The summed E-state index contributed by atoms with van der Waals surface area (Å²) in [5.74, 6) is 0.0814. The maximum Gasteiger partial charge on any atom is 0.227 e. The lowest BCUT2D eigenvalue weighted by molar-refractivity contribution is -0.121. The van der Waals surface area contributed by atoms with E-state index >= 15 is 0 Å². The molecule has 4 rings (SSSR count). The number of aryl methyl sites for hydroxylation is 2. The molecule has 0 bridgehead atoms. The average molecular weight is 414 g/mol. The van der Waals surface area contributed by atoms with Gasteiger partial charge in [-0.15, -0.1) is 10.2 Å². The van der Waals surface area contributed by atoms with Crippen molar-refractivity contribution in [1.82, 2.24) is 20.4 Å². The van der Waals surface area contributed by atoms with E-state index in [0.717, 1.165) is 55.7 Å². The van der Waals surface area contributed by atoms with Gasteiger partial charge >= 0.3 is 0 Å². The Morgan fingerprint density at radius 3 is 2.45 bits per heavy atom. The van der Waals surface area contributed by atoms with E-state index < -0.39 is 0 Å². The predicted molar refractivity (Wildman–Crippen MR) is 117 cm³/mol. The summed E-state index contributed by atoms with van der Waals surface area (Å²) in [6.45, 7) is 9.26. The number of nitrogens with one attached hydrogen (secondary N) is 1. The molecular weight excluding hydrogens is 382 g/mol. The Balaban J connectivity index is 1.26. The average Bonchev–Trinajstić information content (AvgIpc) is 3.34. The first-order chi connectivity index (χ1) is 14.0. The Hall–Kier alpha value is -1.99. The van der Waals surface area contributed by atoms with E-state index in [2.05, 4.69) is 57.4 Å². The third-order valence-electron chi connectivity index (χ3n) is 5.82. The SMILES string of the molecule is Cc1cc(C)cc(CN2CCN(c3nnc(CC(=O)NC4CCCC4)s3)CC2)c1. The maximum atomic E-state index is 12.2. The molecule has 2 fully saturated rings. The third kappa shape index (κ3) is 5.54. The molecule has 1 aliphatic heterocycles. The number of carbonyl (C=O) groups excluding carboxylic acids is 1. The van der Waals surface area contributed by atoms with Gasteiger partial charge in [0.2, 0.25) is 11.0 Å². The topological polar surface area (TPSA) is 61.4 Å². The maximum absolute atomic E-state index is 12.2. The van der Waals surface area contributed by atoms with Gasteiger partial charge in [-0.25, -0.2) is 0 Å². The zero-order valence-electron chi connectivity index (χ0n) is 17.5. The summed E-state index contributed by atoms with van der Waals surface area (Å²) >= 11 is 1.56. The van der Waals surface area contributed by atoms with Crippen molar-refractivity contribution < 1.29 is 4.79 Å². The van der Waals surface area contributed by atoms with Gasteiger partial charge in [0.25, 0.3) is 0 Å². The van der Waals surface area contributed by atoms with E-state index in [9.17, 15) is 4.79 Å². The van der Waals surface area contributed by atoms with Gasteiger partial charge in [-0.1, -0.05) is 53.5 Å². The molecule has 0 unspecified atom stereocenters. The van der Waals surface area contributed by atoms with E-state index in [1.807, 2.05) is 0 Å². The predicted octanol–water partition coefficient (Wildman–Crippen LogP) is 3.08. The van der Waals surface area contributed by atoms with Crippen LogP contribution in [0.1, 0.15) is 47.4 Å². The summed E-state index contributed by atoms with van der Waals surface area (Å²) in [6.07, 6.45) is 5.02. The monoisotopic (exact) mass is 413 g/mol. The van der Waals surface area contributed by atoms with Gasteiger partial charge in [0.15, 0.2) is 0 Å². The number of aromatic nitrogens is 2. The molecule has 0 spiro atoms. The Kier molecular flexibility index (Phi) is 6.45. The standard InChI is InChI=1S/C22H31N5OS/c1-16-11-17(2)13-18(12-16)15-26-7-9-27(10-8-26)22-25-24-21(29-22)14-20(28)23-19-5-3-4-6-19/h11-13,19H,3-10,14-15H2,1-2H3,(H,23,28). The van der Waals surface area contributed by atoms with Crippen molar-refractivity contribution in [2.75, 3.05) is 31.1 Å². The Morgan fingerprint density at radius 2 is 1.76 bits per heavy atom. The number of hydrogen-bond acceptors (Lipinski definition) is 6. The van der Waals surface area contributed by atoms with Crippen molar-refractivity contribution in [2.45, 2.75) is 58.5 Å². The highest BCUT2D eigenvalue weighted by atomic mass is 32.1. The summed E-state index contributed by atoms with van der Waals surface area (Å²) in [7, 11) is 0. The van der Waals surface area contributed by atoms with E-state index in [1.165, 1.54) is 29.5 Å². The number of amides is 1. The molecule has 6 nitrogen and oxygen atoms in total. The summed E-state index contributed by atoms with van der Waals surface area (Å²) in [6, 6.07) is 7.16. The first-order valence-corrected chi connectivity index (χ1v) is 11.5. The fourth-order valence-electron chi connectivity index (χ4n) is 4.45. The van der Waals surface area contributed by atoms with E-state index in [-0.39, 0.29) is 5.91 Å². The Bertz CT molecular complexity index is 817. The van der Waals surface area contributed by atoms with Gasteiger partial charge in [0, 0.05) is 38.8 Å². The number of rotatable bonds is 6. The minimum atomic E-state index is 0.0814. The van der Waals surface area contributed by atoms with E-state index in [0.29, 0.717) is 12.5 Å². The Morgan fingerprint density at radius 1 is 1.07 bits per heavy atom. The molecule has 1 saturated carbocycles. The molecule has 1 aromatic heterocycles. The largest absolute Gasteiger partial charge is 0.353 e. The van der Waals surface area contributed by atoms with Gasteiger partial charge in [-0.2, -0.15) is 0 Å². The lowest BCUT2D eigenvalue weighted by Crippen LogP contribution is -2.46. The molecule has 1 aliphatic carbocycles. The van der Waals surface area contributed by atoms with Crippen LogP contribution in [0.4, 0.5) is 5.13 Å². The van der Waals surface area contributed by atoms with Crippen LogP contribution in [-0.2, 0) is 17.8 Å². The van der Waals surface area contributed by atoms with Gasteiger partial charge in [0.05, 0.1) is 6.42 Å². The zero-order chi connectivity index (χ0) is 20.2. The highest BCUT2D eigenvalue weighted by Gasteiger charge is 2.22. The minimum absolute atomic E-state index is 0.0814. The zero-order valence-corrected chi connectivity index (χ0v) is 18.3. The fraction of sp³-hybridized carbons (Fsp3) is 0.591. The fourth-order valence-corrected chi connectivity index (χ4v) is 5.33. The third-order valence-corrected chi connectivity index (χ3v) is 6.80. The van der Waals surface area contributed by atoms with Crippen molar-refractivity contribution >= 4 is 22.4 Å². The molecule has 2 aromatic rings. The van der Waals surface area contributed by atoms with Crippen LogP contribution < -0.4 is 10.2 Å². The Labute approximate surface area is 177 Å². The highest BCUT2D eigenvalue weighted by Crippen LogP contribution is 2.23. The summed E-state index contributed by atoms with van der Waals surface area (Å²) < 4.78 is 0. The second kappa shape index (κ2) is 9.22. The van der Waals surface area contributed by atoms with Gasteiger partial charge in [-0.05, 0) is 32.3 Å². The second-order valence-electron chi connectivity index (χ2n) is 8.46. The molecule has 156 valence electrons. The number of nitrogens with zero attached hydrogens (tertiary/aromatic N) is 4. The van der Waals surface area contributed by atoms with Crippen LogP contribution in [0.15, 0.2) is 18.2 Å². The van der Waals surface area contributed by atoms with Crippen LogP contribution in [0.3, 0.4) is 0 Å². The molecule has 1 N–H and O–H groups in total. The van der Waals surface area contributed by atoms with Crippen molar-refractivity contribution in [3.05, 3.63) is 39.9 Å².